The average Bonchev–Trinajstić information content (AvgIpc) is 2.90. The summed E-state index contributed by atoms with van der Waals surface area (Å²) in [4.78, 5) is 28.3. The number of sulfonamides is 1. The van der Waals surface area contributed by atoms with Crippen molar-refractivity contribution >= 4 is 43.5 Å². The second kappa shape index (κ2) is 13.1. The minimum Gasteiger partial charge on any atom is -0.497 e. The van der Waals surface area contributed by atoms with Crippen LogP contribution in [0.1, 0.15) is 31.9 Å². The third-order valence-corrected chi connectivity index (χ3v) is 8.37. The van der Waals surface area contributed by atoms with E-state index in [2.05, 4.69) is 21.2 Å². The Bertz CT molecular complexity index is 1390. The molecule has 2 amide bonds. The van der Waals surface area contributed by atoms with Crippen molar-refractivity contribution in [1.29, 1.82) is 0 Å². The molecule has 1 N–H and O–H groups in total. The first-order valence-corrected chi connectivity index (χ1v) is 14.7. The quantitative estimate of drug-likeness (QED) is 0.331. The Balaban J connectivity index is 2.03. The maximum atomic E-state index is 13.9. The van der Waals surface area contributed by atoms with Crippen LogP contribution in [0.3, 0.4) is 0 Å². The summed E-state index contributed by atoms with van der Waals surface area (Å²) in [7, 11) is -2.65. The van der Waals surface area contributed by atoms with E-state index in [4.69, 9.17) is 4.74 Å². The smallest absolute Gasteiger partial charge is 0.264 e. The minimum absolute atomic E-state index is 0.0146. The number of ether oxygens (including phenoxy) is 1. The molecule has 0 radical (unpaired) electrons. The lowest BCUT2D eigenvalue weighted by Crippen LogP contribution is -2.52. The van der Waals surface area contributed by atoms with Crippen LogP contribution in [0.5, 0.6) is 5.75 Å². The average molecular weight is 617 g/mol. The molecule has 8 nitrogen and oxygen atoms in total. The highest BCUT2D eigenvalue weighted by molar-refractivity contribution is 9.10. The molecule has 0 aliphatic carbocycles. The van der Waals surface area contributed by atoms with Crippen LogP contribution in [0.15, 0.2) is 82.2 Å². The van der Waals surface area contributed by atoms with Crippen molar-refractivity contribution in [3.05, 3.63) is 88.4 Å². The maximum absolute atomic E-state index is 13.9. The molecule has 3 aromatic rings. The van der Waals surface area contributed by atoms with E-state index in [0.717, 1.165) is 19.9 Å². The van der Waals surface area contributed by atoms with Gasteiger partial charge >= 0.3 is 0 Å². The zero-order valence-electron chi connectivity index (χ0n) is 22.7. The number of nitrogens with one attached hydrogen (secondary N) is 1. The Morgan fingerprint density at radius 2 is 1.62 bits per heavy atom. The van der Waals surface area contributed by atoms with Gasteiger partial charge in [-0.2, -0.15) is 0 Å². The molecular weight excluding hydrogens is 582 g/mol. The van der Waals surface area contributed by atoms with Crippen molar-refractivity contribution in [3.63, 3.8) is 0 Å². The fourth-order valence-corrected chi connectivity index (χ4v) is 5.80. The molecule has 0 bridgehead atoms. The van der Waals surface area contributed by atoms with Crippen molar-refractivity contribution < 1.29 is 22.7 Å². The van der Waals surface area contributed by atoms with Gasteiger partial charge in [0.1, 0.15) is 18.3 Å². The fraction of sp³-hybridized carbons (Fsp3) is 0.310. The number of carbonyl (C=O) groups is 2. The number of nitrogens with zero attached hydrogens (tertiary/aromatic N) is 2. The van der Waals surface area contributed by atoms with E-state index >= 15 is 0 Å². The van der Waals surface area contributed by atoms with Gasteiger partial charge in [0.2, 0.25) is 11.8 Å². The van der Waals surface area contributed by atoms with Crippen LogP contribution < -0.4 is 14.4 Å². The van der Waals surface area contributed by atoms with Gasteiger partial charge in [0.05, 0.1) is 17.7 Å². The number of amides is 2. The van der Waals surface area contributed by atoms with Gasteiger partial charge in [0.15, 0.2) is 0 Å². The van der Waals surface area contributed by atoms with Gasteiger partial charge in [0, 0.05) is 17.1 Å². The first-order chi connectivity index (χ1) is 18.4. The highest BCUT2D eigenvalue weighted by atomic mass is 79.9. The van der Waals surface area contributed by atoms with Crippen molar-refractivity contribution in [2.45, 2.75) is 51.2 Å². The molecule has 1 atom stereocenters. The van der Waals surface area contributed by atoms with Crippen molar-refractivity contribution in [2.75, 3.05) is 18.0 Å². The van der Waals surface area contributed by atoms with Gasteiger partial charge in [-0.3, -0.25) is 13.9 Å². The summed E-state index contributed by atoms with van der Waals surface area (Å²) in [5, 5.41) is 2.85. The van der Waals surface area contributed by atoms with E-state index in [1.54, 1.807) is 43.3 Å². The molecule has 208 valence electrons. The van der Waals surface area contributed by atoms with Crippen LogP contribution in [-0.2, 0) is 26.2 Å². The number of benzene rings is 3. The lowest BCUT2D eigenvalue weighted by Gasteiger charge is -2.32. The summed E-state index contributed by atoms with van der Waals surface area (Å²) >= 11 is 3.45. The maximum Gasteiger partial charge on any atom is 0.264 e. The van der Waals surface area contributed by atoms with Gasteiger partial charge in [0.25, 0.3) is 10.0 Å². The zero-order chi connectivity index (χ0) is 28.7. The molecule has 0 unspecified atom stereocenters. The molecule has 0 aromatic heterocycles. The van der Waals surface area contributed by atoms with E-state index in [-0.39, 0.29) is 23.4 Å². The number of hydrogen-bond acceptors (Lipinski definition) is 5. The van der Waals surface area contributed by atoms with E-state index in [1.807, 2.05) is 45.0 Å². The highest BCUT2D eigenvalue weighted by Crippen LogP contribution is 2.26. The van der Waals surface area contributed by atoms with Crippen LogP contribution in [0.2, 0.25) is 0 Å². The second-order valence-corrected chi connectivity index (χ2v) is 12.3. The number of hydrogen-bond donors (Lipinski definition) is 1. The number of aryl methyl sites for hydroxylation is 1. The number of methoxy groups -OCH3 is 1. The SMILES string of the molecule is COc1ccc(S(=O)(=O)N(CC(=O)N(Cc2cccc(Br)c2)[C@@H](C)C(=O)NC(C)C)c2ccc(C)cc2)cc1. The van der Waals surface area contributed by atoms with E-state index < -0.39 is 28.5 Å². The summed E-state index contributed by atoms with van der Waals surface area (Å²) in [6, 6.07) is 19.3. The molecule has 39 heavy (non-hydrogen) atoms. The number of halogens is 1. The van der Waals surface area contributed by atoms with Crippen molar-refractivity contribution in [1.82, 2.24) is 10.2 Å². The van der Waals surface area contributed by atoms with Crippen LogP contribution in [-0.4, -0.2) is 50.9 Å². The van der Waals surface area contributed by atoms with Crippen LogP contribution in [0.25, 0.3) is 0 Å². The third-order valence-electron chi connectivity index (χ3n) is 6.09. The molecule has 0 saturated carbocycles. The topological polar surface area (TPSA) is 96.0 Å². The van der Waals surface area contributed by atoms with Gasteiger partial charge in [-0.25, -0.2) is 8.42 Å². The standard InChI is InChI=1S/C29H34BrN3O5S/c1-20(2)31-29(35)22(4)32(18-23-7-6-8-24(30)17-23)28(34)19-33(25-11-9-21(3)10-12-25)39(36,37)27-15-13-26(38-5)14-16-27/h6-17,20,22H,18-19H2,1-5H3,(H,31,35)/t22-/m0/s1. The summed E-state index contributed by atoms with van der Waals surface area (Å²) in [5.74, 6) is -0.329. The van der Waals surface area contributed by atoms with Crippen LogP contribution >= 0.6 is 15.9 Å². The van der Waals surface area contributed by atoms with Crippen LogP contribution in [0.4, 0.5) is 5.69 Å². The van der Waals surface area contributed by atoms with Gasteiger partial charge in [-0.1, -0.05) is 45.8 Å². The van der Waals surface area contributed by atoms with E-state index in [9.17, 15) is 18.0 Å². The molecule has 0 aliphatic rings. The summed E-state index contributed by atoms with van der Waals surface area (Å²) in [6.45, 7) is 6.84. The number of anilines is 1. The molecular formula is C29H34BrN3O5S. The Morgan fingerprint density at radius 3 is 2.18 bits per heavy atom. The molecule has 0 saturated heterocycles. The Hall–Kier alpha value is -3.37. The van der Waals surface area contributed by atoms with Crippen molar-refractivity contribution in [3.8, 4) is 5.75 Å². The Kier molecular flexibility index (Phi) is 10.2. The first kappa shape index (κ1) is 30.2. The highest BCUT2D eigenvalue weighted by Gasteiger charge is 2.32. The molecule has 0 spiro atoms. The summed E-state index contributed by atoms with van der Waals surface area (Å²) in [6.07, 6.45) is 0. The lowest BCUT2D eigenvalue weighted by atomic mass is 10.1. The molecule has 0 heterocycles. The normalized spacial score (nSPS) is 12.1. The summed E-state index contributed by atoms with van der Waals surface area (Å²) in [5.41, 5.74) is 2.08. The summed E-state index contributed by atoms with van der Waals surface area (Å²) < 4.78 is 34.8. The first-order valence-electron chi connectivity index (χ1n) is 12.5. The van der Waals surface area contributed by atoms with Crippen molar-refractivity contribution in [2.24, 2.45) is 0 Å². The molecule has 0 fully saturated rings. The van der Waals surface area contributed by atoms with Gasteiger partial charge < -0.3 is 15.0 Å². The third kappa shape index (κ3) is 7.83. The van der Waals surface area contributed by atoms with E-state index in [0.29, 0.717) is 11.4 Å². The largest absolute Gasteiger partial charge is 0.497 e. The Morgan fingerprint density at radius 1 is 0.974 bits per heavy atom. The van der Waals surface area contributed by atoms with Gasteiger partial charge in [-0.05, 0) is 81.8 Å². The second-order valence-electron chi connectivity index (χ2n) is 9.51. The Labute approximate surface area is 239 Å². The molecule has 3 aromatic carbocycles. The lowest BCUT2D eigenvalue weighted by molar-refractivity contribution is -0.139. The number of rotatable bonds is 11. The fourth-order valence-electron chi connectivity index (χ4n) is 3.93. The zero-order valence-corrected chi connectivity index (χ0v) is 25.1. The predicted molar refractivity (Wildman–Crippen MR) is 156 cm³/mol. The molecule has 10 heteroatoms. The predicted octanol–water partition coefficient (Wildman–Crippen LogP) is 4.90. The molecule has 3 rings (SSSR count). The van der Waals surface area contributed by atoms with E-state index in [1.165, 1.54) is 24.1 Å². The number of carbonyl (C=O) groups excluding carboxylic acids is 2. The van der Waals surface area contributed by atoms with Crippen LogP contribution in [0, 0.1) is 6.92 Å². The molecule has 0 aliphatic heterocycles. The monoisotopic (exact) mass is 615 g/mol. The minimum atomic E-state index is -4.14. The van der Waals surface area contributed by atoms with Gasteiger partial charge in [-0.15, -0.1) is 0 Å².